The van der Waals surface area contributed by atoms with Crippen LogP contribution >= 0.6 is 11.6 Å². The van der Waals surface area contributed by atoms with E-state index >= 15 is 0 Å². The van der Waals surface area contributed by atoms with Crippen LogP contribution in [0.1, 0.15) is 33.3 Å². The van der Waals surface area contributed by atoms with E-state index in [1.54, 1.807) is 4.90 Å². The van der Waals surface area contributed by atoms with Gasteiger partial charge in [0.25, 0.3) is 0 Å². The molecule has 1 amide bonds. The number of hydrogen-bond donors (Lipinski definition) is 0. The Hall–Kier alpha value is -2.07. The van der Waals surface area contributed by atoms with Crippen LogP contribution in [-0.4, -0.2) is 52.2 Å². The first-order valence-corrected chi connectivity index (χ1v) is 7.76. The molecule has 1 saturated heterocycles. The highest BCUT2D eigenvalue weighted by Crippen LogP contribution is 2.20. The number of aromatic nitrogens is 2. The summed E-state index contributed by atoms with van der Waals surface area (Å²) < 4.78 is 5.42. The number of piperazine rings is 1. The van der Waals surface area contributed by atoms with Crippen LogP contribution in [0.25, 0.3) is 0 Å². The van der Waals surface area contributed by atoms with Crippen LogP contribution in [0.2, 0.25) is 5.15 Å². The molecule has 1 aromatic rings. The molecule has 0 spiro atoms. The van der Waals surface area contributed by atoms with Crippen molar-refractivity contribution >= 4 is 23.6 Å². The molecule has 7 nitrogen and oxygen atoms in total. The Morgan fingerprint density at radius 1 is 1.48 bits per heavy atom. The summed E-state index contributed by atoms with van der Waals surface area (Å²) in [5.74, 6) is 0.463. The molecule has 0 N–H and O–H groups in total. The van der Waals surface area contributed by atoms with E-state index in [0.717, 1.165) is 0 Å². The number of carbonyl (C=O) groups is 1. The average Bonchev–Trinajstić information content (AvgIpc) is 2.45. The molecule has 2 heterocycles. The fourth-order valence-electron chi connectivity index (χ4n) is 2.31. The predicted molar refractivity (Wildman–Crippen MR) is 86.4 cm³/mol. The number of nitriles is 1. The Morgan fingerprint density at radius 3 is 2.70 bits per heavy atom. The quantitative estimate of drug-likeness (QED) is 0.732. The molecule has 0 aromatic carbocycles. The van der Waals surface area contributed by atoms with Gasteiger partial charge >= 0.3 is 6.09 Å². The van der Waals surface area contributed by atoms with E-state index in [4.69, 9.17) is 21.6 Å². The molecule has 8 heteroatoms. The third-order valence-corrected chi connectivity index (χ3v) is 3.68. The normalized spacial score (nSPS) is 18.5. The molecule has 1 aromatic heterocycles. The summed E-state index contributed by atoms with van der Waals surface area (Å²) in [4.78, 5) is 24.2. The maximum Gasteiger partial charge on any atom is 0.410 e. The van der Waals surface area contributed by atoms with Crippen molar-refractivity contribution < 1.29 is 9.53 Å². The van der Waals surface area contributed by atoms with Crippen LogP contribution in [0, 0.1) is 11.3 Å². The van der Waals surface area contributed by atoms with Gasteiger partial charge in [-0.1, -0.05) is 11.6 Å². The Balaban J connectivity index is 2.05. The maximum atomic E-state index is 12.2. The second-order valence-corrected chi connectivity index (χ2v) is 6.81. The highest BCUT2D eigenvalue weighted by molar-refractivity contribution is 6.30. The van der Waals surface area contributed by atoms with E-state index in [1.807, 2.05) is 38.7 Å². The Morgan fingerprint density at radius 2 is 2.17 bits per heavy atom. The van der Waals surface area contributed by atoms with Crippen molar-refractivity contribution in [3.05, 3.63) is 16.9 Å². The van der Waals surface area contributed by atoms with Crippen molar-refractivity contribution in [1.82, 2.24) is 14.9 Å². The number of ether oxygens (including phenoxy) is 1. The van der Waals surface area contributed by atoms with Gasteiger partial charge in [0.05, 0.1) is 6.20 Å². The van der Waals surface area contributed by atoms with Crippen LogP contribution < -0.4 is 4.90 Å². The Kier molecular flexibility index (Phi) is 4.95. The molecule has 124 valence electrons. The van der Waals surface area contributed by atoms with E-state index in [-0.39, 0.29) is 22.9 Å². The van der Waals surface area contributed by atoms with Crippen LogP contribution in [0.4, 0.5) is 10.7 Å². The van der Waals surface area contributed by atoms with Gasteiger partial charge in [0.15, 0.2) is 5.15 Å². The highest BCUT2D eigenvalue weighted by Gasteiger charge is 2.31. The van der Waals surface area contributed by atoms with E-state index < -0.39 is 5.60 Å². The van der Waals surface area contributed by atoms with Crippen molar-refractivity contribution in [3.63, 3.8) is 0 Å². The van der Waals surface area contributed by atoms with Gasteiger partial charge in [0, 0.05) is 25.7 Å². The van der Waals surface area contributed by atoms with Gasteiger partial charge in [0.2, 0.25) is 5.95 Å². The standard InChI is InChI=1S/C15H20ClN5O2/c1-10-9-20(13-18-8-11(7-17)12(16)19-13)5-6-21(10)14(22)23-15(2,3)4/h8,10H,5-6,9H2,1-4H3. The number of carbonyl (C=O) groups excluding carboxylic acids is 1. The van der Waals surface area contributed by atoms with E-state index in [2.05, 4.69) is 9.97 Å². The lowest BCUT2D eigenvalue weighted by Crippen LogP contribution is -2.55. The fourth-order valence-corrected chi connectivity index (χ4v) is 2.48. The molecular weight excluding hydrogens is 318 g/mol. The molecular formula is C15H20ClN5O2. The third-order valence-electron chi connectivity index (χ3n) is 3.39. The molecule has 1 atom stereocenters. The minimum absolute atomic E-state index is 0.0448. The van der Waals surface area contributed by atoms with Gasteiger partial charge in [-0.2, -0.15) is 10.2 Å². The molecule has 0 bridgehead atoms. The van der Waals surface area contributed by atoms with E-state index in [1.165, 1.54) is 6.20 Å². The zero-order valence-corrected chi connectivity index (χ0v) is 14.5. The zero-order chi connectivity index (χ0) is 17.2. The molecule has 1 fully saturated rings. The summed E-state index contributed by atoms with van der Waals surface area (Å²) in [5.41, 5.74) is -0.270. The molecule has 1 unspecified atom stereocenters. The molecule has 23 heavy (non-hydrogen) atoms. The lowest BCUT2D eigenvalue weighted by Gasteiger charge is -2.40. The zero-order valence-electron chi connectivity index (χ0n) is 13.7. The number of rotatable bonds is 1. The first-order valence-electron chi connectivity index (χ1n) is 7.38. The van der Waals surface area contributed by atoms with Crippen LogP contribution in [-0.2, 0) is 4.74 Å². The van der Waals surface area contributed by atoms with Gasteiger partial charge in [0.1, 0.15) is 17.2 Å². The SMILES string of the molecule is CC1CN(c2ncc(C#N)c(Cl)n2)CCN1C(=O)OC(C)(C)C. The second-order valence-electron chi connectivity index (χ2n) is 6.46. The Labute approximate surface area is 140 Å². The average molecular weight is 338 g/mol. The summed E-state index contributed by atoms with van der Waals surface area (Å²) in [6.45, 7) is 9.14. The highest BCUT2D eigenvalue weighted by atomic mass is 35.5. The minimum Gasteiger partial charge on any atom is -0.444 e. The predicted octanol–water partition coefficient (Wildman–Crippen LogP) is 2.45. The molecule has 2 rings (SSSR count). The monoisotopic (exact) mass is 337 g/mol. The molecule has 1 aliphatic rings. The number of halogens is 1. The third kappa shape index (κ3) is 4.23. The van der Waals surface area contributed by atoms with Crippen LogP contribution in [0.5, 0.6) is 0 Å². The van der Waals surface area contributed by atoms with Gasteiger partial charge in [-0.25, -0.2) is 9.78 Å². The van der Waals surface area contributed by atoms with Crippen molar-refractivity contribution in [1.29, 1.82) is 5.26 Å². The molecule has 0 radical (unpaired) electrons. The number of hydrogen-bond acceptors (Lipinski definition) is 6. The van der Waals surface area contributed by atoms with E-state index in [9.17, 15) is 4.79 Å². The summed E-state index contributed by atoms with van der Waals surface area (Å²) in [6.07, 6.45) is 1.10. The van der Waals surface area contributed by atoms with Gasteiger partial charge in [-0.3, -0.25) is 0 Å². The van der Waals surface area contributed by atoms with Crippen molar-refractivity contribution in [2.24, 2.45) is 0 Å². The summed E-state index contributed by atoms with van der Waals surface area (Å²) >= 11 is 5.95. The summed E-state index contributed by atoms with van der Waals surface area (Å²) in [6, 6.07) is 1.89. The smallest absolute Gasteiger partial charge is 0.410 e. The minimum atomic E-state index is -0.516. The topological polar surface area (TPSA) is 82.4 Å². The maximum absolute atomic E-state index is 12.2. The largest absolute Gasteiger partial charge is 0.444 e. The lowest BCUT2D eigenvalue weighted by molar-refractivity contribution is 0.0158. The molecule has 0 saturated carbocycles. The van der Waals surface area contributed by atoms with Crippen LogP contribution in [0.3, 0.4) is 0 Å². The van der Waals surface area contributed by atoms with Crippen molar-refractivity contribution in [2.45, 2.75) is 39.3 Å². The van der Waals surface area contributed by atoms with Crippen molar-refractivity contribution in [3.8, 4) is 6.07 Å². The molecule has 0 aliphatic carbocycles. The van der Waals surface area contributed by atoms with E-state index in [0.29, 0.717) is 25.6 Å². The van der Waals surface area contributed by atoms with Crippen LogP contribution in [0.15, 0.2) is 6.20 Å². The fraction of sp³-hybridized carbons (Fsp3) is 0.600. The van der Waals surface area contributed by atoms with Gasteiger partial charge in [-0.05, 0) is 27.7 Å². The van der Waals surface area contributed by atoms with Gasteiger partial charge in [-0.15, -0.1) is 0 Å². The summed E-state index contributed by atoms with van der Waals surface area (Å²) in [5, 5.41) is 9.00. The first kappa shape index (κ1) is 17.3. The number of anilines is 1. The first-order chi connectivity index (χ1) is 10.7. The van der Waals surface area contributed by atoms with Crippen molar-refractivity contribution in [2.75, 3.05) is 24.5 Å². The second kappa shape index (κ2) is 6.59. The number of amides is 1. The van der Waals surface area contributed by atoms with Gasteiger partial charge < -0.3 is 14.5 Å². The lowest BCUT2D eigenvalue weighted by atomic mass is 10.2. The number of nitrogens with zero attached hydrogens (tertiary/aromatic N) is 5. The summed E-state index contributed by atoms with van der Waals surface area (Å²) in [7, 11) is 0. The Bertz CT molecular complexity index is 638. The molecule has 1 aliphatic heterocycles.